The Hall–Kier alpha value is -1.02. The first-order chi connectivity index (χ1) is 10.0. The molecule has 0 amide bonds. The first-order valence-electron chi connectivity index (χ1n) is 7.02. The number of hydrogen-bond acceptors (Lipinski definition) is 6. The number of nitrogens with two attached hydrogens (primary N) is 1. The van der Waals surface area contributed by atoms with Crippen molar-refractivity contribution in [1.29, 1.82) is 0 Å². The Labute approximate surface area is 123 Å². The zero-order valence-electron chi connectivity index (χ0n) is 12.1. The van der Waals surface area contributed by atoms with Crippen LogP contribution in [-0.2, 0) is 18.9 Å². The van der Waals surface area contributed by atoms with Gasteiger partial charge in [-0.05, 0) is 6.92 Å². The summed E-state index contributed by atoms with van der Waals surface area (Å²) in [5.74, 6) is 0. The second-order valence-corrected chi connectivity index (χ2v) is 5.66. The number of hydrogen-bond donors (Lipinski definition) is 2. The quantitative estimate of drug-likeness (QED) is 0.829. The van der Waals surface area contributed by atoms with Crippen molar-refractivity contribution >= 4 is 0 Å². The number of rotatable bonds is 2. The molecule has 1 aromatic rings. The van der Waals surface area contributed by atoms with E-state index in [1.165, 1.54) is 7.11 Å². The third-order valence-electron chi connectivity index (χ3n) is 4.18. The third kappa shape index (κ3) is 2.59. The van der Waals surface area contributed by atoms with E-state index >= 15 is 0 Å². The molecule has 0 saturated carbocycles. The van der Waals surface area contributed by atoms with E-state index in [-0.39, 0.29) is 0 Å². The molecule has 1 aromatic carbocycles. The summed E-state index contributed by atoms with van der Waals surface area (Å²) in [7, 11) is 1.50. The highest BCUT2D eigenvalue weighted by molar-refractivity contribution is 5.17. The second-order valence-electron chi connectivity index (χ2n) is 5.66. The van der Waals surface area contributed by atoms with Crippen LogP contribution in [0.2, 0.25) is 0 Å². The molecule has 0 aliphatic carbocycles. The lowest BCUT2D eigenvalue weighted by Crippen LogP contribution is -2.71. The van der Waals surface area contributed by atoms with Crippen molar-refractivity contribution in [2.45, 2.75) is 43.4 Å². The first kappa shape index (κ1) is 14.9. The highest BCUT2D eigenvalue weighted by Crippen LogP contribution is 2.38. The molecule has 6 atom stereocenters. The Morgan fingerprint density at radius 3 is 2.67 bits per heavy atom. The molecule has 2 aliphatic heterocycles. The molecule has 2 fully saturated rings. The van der Waals surface area contributed by atoms with Crippen molar-refractivity contribution in [3.8, 4) is 0 Å². The summed E-state index contributed by atoms with van der Waals surface area (Å²) in [4.78, 5) is 0. The molecule has 2 aliphatic rings. The molecule has 21 heavy (non-hydrogen) atoms. The molecule has 3 N–H and O–H groups in total. The summed E-state index contributed by atoms with van der Waals surface area (Å²) in [6, 6.07) is 8.89. The van der Waals surface area contributed by atoms with Crippen LogP contribution < -0.4 is 5.73 Å². The Kier molecular flexibility index (Phi) is 4.00. The SMILES string of the molecule is CO[C@H]1OC2COC(c3ccccc3)O[C@H]2C(C)(O)C1N. The van der Waals surface area contributed by atoms with Gasteiger partial charge in [-0.3, -0.25) is 0 Å². The van der Waals surface area contributed by atoms with Crippen LogP contribution in [0, 0.1) is 0 Å². The van der Waals surface area contributed by atoms with E-state index in [4.69, 9.17) is 24.7 Å². The standard InChI is InChI=1S/C15H21NO5/c1-15(17)11(16)14(18-2)20-10-8-19-13(21-12(10)15)9-6-4-3-5-7-9/h3-7,10-14,17H,8,16H2,1-2H3/t10?,11?,12-,13?,14+,15?/m1/s1. The minimum atomic E-state index is -1.26. The first-order valence-corrected chi connectivity index (χ1v) is 7.02. The van der Waals surface area contributed by atoms with Crippen molar-refractivity contribution in [3.05, 3.63) is 35.9 Å². The molecule has 0 bridgehead atoms. The minimum absolute atomic E-state index is 0.312. The Balaban J connectivity index is 1.81. The van der Waals surface area contributed by atoms with E-state index in [9.17, 15) is 5.11 Å². The fourth-order valence-corrected chi connectivity index (χ4v) is 2.86. The number of benzene rings is 1. The number of fused-ring (bicyclic) bond motifs is 1. The van der Waals surface area contributed by atoms with E-state index in [2.05, 4.69) is 0 Å². The molecule has 116 valence electrons. The zero-order chi connectivity index (χ0) is 15.0. The molecule has 6 heteroatoms. The third-order valence-corrected chi connectivity index (χ3v) is 4.18. The van der Waals surface area contributed by atoms with Gasteiger partial charge in [0.1, 0.15) is 17.8 Å². The van der Waals surface area contributed by atoms with Crippen molar-refractivity contribution in [3.63, 3.8) is 0 Å². The molecule has 4 unspecified atom stereocenters. The Bertz CT molecular complexity index is 480. The lowest BCUT2D eigenvalue weighted by Gasteiger charge is -2.51. The summed E-state index contributed by atoms with van der Waals surface area (Å²) in [5, 5.41) is 10.7. The maximum absolute atomic E-state index is 10.7. The molecule has 2 saturated heterocycles. The average molecular weight is 295 g/mol. The monoisotopic (exact) mass is 295 g/mol. The van der Waals surface area contributed by atoms with Gasteiger partial charge in [0, 0.05) is 12.7 Å². The van der Waals surface area contributed by atoms with Crippen LogP contribution in [0.5, 0.6) is 0 Å². The van der Waals surface area contributed by atoms with Crippen LogP contribution in [0.15, 0.2) is 30.3 Å². The van der Waals surface area contributed by atoms with Gasteiger partial charge in [0.15, 0.2) is 12.6 Å². The highest BCUT2D eigenvalue weighted by atomic mass is 16.7. The fraction of sp³-hybridized carbons (Fsp3) is 0.600. The molecule has 0 radical (unpaired) electrons. The Morgan fingerprint density at radius 2 is 2.00 bits per heavy atom. The van der Waals surface area contributed by atoms with Gasteiger partial charge in [-0.1, -0.05) is 30.3 Å². The fourth-order valence-electron chi connectivity index (χ4n) is 2.86. The van der Waals surface area contributed by atoms with Gasteiger partial charge >= 0.3 is 0 Å². The van der Waals surface area contributed by atoms with E-state index in [1.807, 2.05) is 30.3 Å². The van der Waals surface area contributed by atoms with E-state index in [1.54, 1.807) is 6.92 Å². The van der Waals surface area contributed by atoms with Gasteiger partial charge in [0.25, 0.3) is 0 Å². The van der Waals surface area contributed by atoms with Gasteiger partial charge < -0.3 is 29.8 Å². The zero-order valence-corrected chi connectivity index (χ0v) is 12.1. The van der Waals surface area contributed by atoms with Gasteiger partial charge in [-0.25, -0.2) is 0 Å². The minimum Gasteiger partial charge on any atom is -0.386 e. The van der Waals surface area contributed by atoms with Crippen LogP contribution in [-0.4, -0.2) is 49.0 Å². The van der Waals surface area contributed by atoms with Gasteiger partial charge in [-0.2, -0.15) is 0 Å². The lowest BCUT2D eigenvalue weighted by atomic mass is 9.84. The number of aliphatic hydroxyl groups is 1. The molecule has 0 aromatic heterocycles. The van der Waals surface area contributed by atoms with E-state index in [0.29, 0.717) is 6.61 Å². The average Bonchev–Trinajstić information content (AvgIpc) is 2.52. The van der Waals surface area contributed by atoms with Crippen LogP contribution in [0.25, 0.3) is 0 Å². The van der Waals surface area contributed by atoms with Crippen LogP contribution in [0.1, 0.15) is 18.8 Å². The van der Waals surface area contributed by atoms with Crippen LogP contribution >= 0.6 is 0 Å². The number of ether oxygens (including phenoxy) is 4. The lowest BCUT2D eigenvalue weighted by molar-refractivity contribution is -0.359. The van der Waals surface area contributed by atoms with Gasteiger partial charge in [0.2, 0.25) is 0 Å². The predicted molar refractivity (Wildman–Crippen MR) is 74.3 cm³/mol. The Morgan fingerprint density at radius 1 is 1.29 bits per heavy atom. The maximum atomic E-state index is 10.7. The molecule has 2 heterocycles. The molecular formula is C15H21NO5. The van der Waals surface area contributed by atoms with Gasteiger partial charge in [0.05, 0.1) is 12.6 Å². The maximum Gasteiger partial charge on any atom is 0.184 e. The number of methoxy groups -OCH3 is 1. The predicted octanol–water partition coefficient (Wildman–Crippen LogP) is 0.550. The van der Waals surface area contributed by atoms with Gasteiger partial charge in [-0.15, -0.1) is 0 Å². The summed E-state index contributed by atoms with van der Waals surface area (Å²) in [5.41, 5.74) is 5.67. The van der Waals surface area contributed by atoms with E-state index in [0.717, 1.165) is 5.56 Å². The summed E-state index contributed by atoms with van der Waals surface area (Å²) >= 11 is 0. The summed E-state index contributed by atoms with van der Waals surface area (Å²) in [6.07, 6.45) is -2.20. The summed E-state index contributed by atoms with van der Waals surface area (Å²) in [6.45, 7) is 1.96. The molecule has 6 nitrogen and oxygen atoms in total. The normalized spacial score (nSPS) is 43.3. The van der Waals surface area contributed by atoms with Crippen molar-refractivity contribution in [2.24, 2.45) is 5.73 Å². The topological polar surface area (TPSA) is 83.2 Å². The van der Waals surface area contributed by atoms with Crippen molar-refractivity contribution < 1.29 is 24.1 Å². The second kappa shape index (κ2) is 5.64. The highest BCUT2D eigenvalue weighted by Gasteiger charge is 2.55. The molecular weight excluding hydrogens is 274 g/mol. The van der Waals surface area contributed by atoms with E-state index < -0.39 is 36.4 Å². The van der Waals surface area contributed by atoms with Crippen molar-refractivity contribution in [1.82, 2.24) is 0 Å². The van der Waals surface area contributed by atoms with Crippen LogP contribution in [0.3, 0.4) is 0 Å². The summed E-state index contributed by atoms with van der Waals surface area (Å²) < 4.78 is 22.5. The van der Waals surface area contributed by atoms with Crippen LogP contribution in [0.4, 0.5) is 0 Å². The molecule has 0 spiro atoms. The smallest absolute Gasteiger partial charge is 0.184 e. The largest absolute Gasteiger partial charge is 0.386 e. The van der Waals surface area contributed by atoms with Crippen molar-refractivity contribution in [2.75, 3.05) is 13.7 Å². The molecule has 3 rings (SSSR count).